The minimum atomic E-state index is -2.22. The summed E-state index contributed by atoms with van der Waals surface area (Å²) in [5, 5.41) is 6.52. The molecule has 0 radical (unpaired) electrons. The average Bonchev–Trinajstić information content (AvgIpc) is 3.53. The molecule has 0 aliphatic heterocycles. The van der Waals surface area contributed by atoms with E-state index in [-0.39, 0.29) is 26.6 Å². The first kappa shape index (κ1) is 26.0. The van der Waals surface area contributed by atoms with Gasteiger partial charge in [0.2, 0.25) is 0 Å². The van der Waals surface area contributed by atoms with Gasteiger partial charge in [-0.1, -0.05) is 66.9 Å². The Kier molecular flexibility index (Phi) is 7.24. The third-order valence-corrected chi connectivity index (χ3v) is 7.78. The maximum absolute atomic E-state index is 7.99. The van der Waals surface area contributed by atoms with E-state index >= 15 is 0 Å². The Bertz CT molecular complexity index is 2220. The van der Waals surface area contributed by atoms with Crippen molar-refractivity contribution in [3.63, 3.8) is 0 Å². The quantitative estimate of drug-likeness (QED) is 0.152. The summed E-state index contributed by atoms with van der Waals surface area (Å²) < 4.78 is 34.2. The summed E-state index contributed by atoms with van der Waals surface area (Å²) in [4.78, 5) is 4.71. The van der Waals surface area contributed by atoms with Crippen LogP contribution in [-0.2, 0) is 27.5 Å². The molecule has 0 fully saturated rings. The molecule has 7 aromatic rings. The Balaban J connectivity index is 0.00000386. The third kappa shape index (κ3) is 5.37. The predicted molar refractivity (Wildman–Crippen MR) is 174 cm³/mol. The Hall–Kier alpha value is -4.47. The van der Waals surface area contributed by atoms with E-state index in [0.29, 0.717) is 11.5 Å². The van der Waals surface area contributed by atoms with Crippen molar-refractivity contribution < 1.29 is 29.9 Å². The number of pyridine rings is 1. The zero-order valence-corrected chi connectivity index (χ0v) is 26.9. The van der Waals surface area contributed by atoms with Crippen molar-refractivity contribution in [2.45, 2.75) is 40.5 Å². The molecule has 0 unspecified atom stereocenters. The fourth-order valence-electron chi connectivity index (χ4n) is 5.89. The van der Waals surface area contributed by atoms with Crippen molar-refractivity contribution in [2.24, 2.45) is 0 Å². The number of aryl methyl sites for hydroxylation is 3. The Morgan fingerprint density at radius 1 is 0.864 bits per heavy atom. The number of fused-ring (bicyclic) bond motifs is 3. The van der Waals surface area contributed by atoms with Gasteiger partial charge < -0.3 is 9.30 Å². The van der Waals surface area contributed by atoms with E-state index in [1.807, 2.05) is 83.0 Å². The molecule has 0 amide bonds. The van der Waals surface area contributed by atoms with Crippen LogP contribution in [0.4, 0.5) is 0 Å². The van der Waals surface area contributed by atoms with E-state index < -0.39 is 6.85 Å². The molecule has 7 rings (SSSR count). The fourth-order valence-corrected chi connectivity index (χ4v) is 5.89. The van der Waals surface area contributed by atoms with Gasteiger partial charge in [-0.25, -0.2) is 4.98 Å². The molecule has 0 spiro atoms. The molecule has 3 aromatic heterocycles. The van der Waals surface area contributed by atoms with Crippen LogP contribution in [0, 0.1) is 32.8 Å². The molecule has 0 atom stereocenters. The maximum Gasteiger partial charge on any atom is 2.00 e. The van der Waals surface area contributed by atoms with Gasteiger partial charge in [0.1, 0.15) is 5.82 Å². The summed E-state index contributed by atoms with van der Waals surface area (Å²) in [6.07, 6.45) is 3.77. The van der Waals surface area contributed by atoms with Crippen molar-refractivity contribution in [1.29, 1.82) is 0 Å². The van der Waals surface area contributed by atoms with Gasteiger partial charge in [-0.2, -0.15) is 17.2 Å². The van der Waals surface area contributed by atoms with Crippen molar-refractivity contribution in [3.8, 4) is 34.1 Å². The minimum absolute atomic E-state index is 0. The summed E-state index contributed by atoms with van der Waals surface area (Å²) in [7, 11) is 0. The number of ether oxygens (including phenoxy) is 1. The van der Waals surface area contributed by atoms with E-state index in [9.17, 15) is 0 Å². The van der Waals surface area contributed by atoms with Crippen molar-refractivity contribution in [1.82, 2.24) is 19.3 Å². The Labute approximate surface area is 276 Å². The number of benzene rings is 4. The molecule has 0 N–H and O–H groups in total. The van der Waals surface area contributed by atoms with Crippen LogP contribution < -0.4 is 4.74 Å². The molecule has 220 valence electrons. The molecule has 0 bridgehead atoms. The first-order chi connectivity index (χ1) is 22.2. The number of nitrogens with zero attached hydrogens (tertiary/aromatic N) is 4. The van der Waals surface area contributed by atoms with Gasteiger partial charge in [-0.3, -0.25) is 4.68 Å². The van der Waals surface area contributed by atoms with Crippen molar-refractivity contribution in [3.05, 3.63) is 132 Å². The molecule has 0 aliphatic carbocycles. The van der Waals surface area contributed by atoms with Crippen LogP contribution in [0.5, 0.6) is 11.5 Å². The molecular formula is C38H32N4OPt. The summed E-state index contributed by atoms with van der Waals surface area (Å²) in [5.74, 6) is 1.77. The monoisotopic (exact) mass is 758 g/mol. The number of hydrogen-bond acceptors (Lipinski definition) is 3. The third-order valence-electron chi connectivity index (χ3n) is 7.78. The summed E-state index contributed by atoms with van der Waals surface area (Å²) in [6.45, 7) is 4.01. The van der Waals surface area contributed by atoms with E-state index in [2.05, 4.69) is 44.2 Å². The van der Waals surface area contributed by atoms with Crippen LogP contribution in [0.1, 0.15) is 40.0 Å². The molecule has 44 heavy (non-hydrogen) atoms. The van der Waals surface area contributed by atoms with Crippen molar-refractivity contribution in [2.75, 3.05) is 0 Å². The molecule has 4 aromatic carbocycles. The molecule has 6 heteroatoms. The maximum atomic E-state index is 7.99. The van der Waals surface area contributed by atoms with Gasteiger partial charge >= 0.3 is 21.1 Å². The van der Waals surface area contributed by atoms with Gasteiger partial charge in [0.15, 0.2) is 0 Å². The Morgan fingerprint density at radius 2 is 1.70 bits per heavy atom. The second-order valence-corrected chi connectivity index (χ2v) is 10.8. The van der Waals surface area contributed by atoms with Crippen molar-refractivity contribution >= 4 is 21.8 Å². The first-order valence-electron chi connectivity index (χ1n) is 16.0. The topological polar surface area (TPSA) is 44.9 Å². The average molecular weight is 759 g/mol. The van der Waals surface area contributed by atoms with Gasteiger partial charge in [-0.05, 0) is 67.5 Å². The molecule has 5 nitrogen and oxygen atoms in total. The molecular weight excluding hydrogens is 724 g/mol. The van der Waals surface area contributed by atoms with E-state index in [4.69, 9.17) is 18.9 Å². The Morgan fingerprint density at radius 3 is 2.52 bits per heavy atom. The van der Waals surface area contributed by atoms with Crippen LogP contribution in [0.25, 0.3) is 44.4 Å². The number of hydrogen-bond donors (Lipinski definition) is 0. The smallest absolute Gasteiger partial charge is 0.509 e. The van der Waals surface area contributed by atoms with Gasteiger partial charge in [0.05, 0.1) is 5.69 Å². The second-order valence-electron chi connectivity index (χ2n) is 10.8. The van der Waals surface area contributed by atoms with Crippen LogP contribution in [0.2, 0.25) is 0 Å². The predicted octanol–water partition coefficient (Wildman–Crippen LogP) is 9.30. The van der Waals surface area contributed by atoms with E-state index in [1.54, 1.807) is 12.1 Å². The summed E-state index contributed by atoms with van der Waals surface area (Å²) in [6, 6.07) is 36.0. The molecule has 3 heterocycles. The van der Waals surface area contributed by atoms with Gasteiger partial charge in [0.25, 0.3) is 0 Å². The molecule has 0 aliphatic rings. The zero-order chi connectivity index (χ0) is 32.0. The van der Waals surface area contributed by atoms with Crippen LogP contribution in [-0.4, -0.2) is 19.3 Å². The number of rotatable bonds is 7. The van der Waals surface area contributed by atoms with Crippen LogP contribution in [0.3, 0.4) is 0 Å². The molecule has 0 saturated carbocycles. The SMILES string of the molecule is [2H]C([2H])([2H])c1ccc2c(c1)c1ccc(Oc3[c-]c(-n4nc(C)c(-c5ccccc5)c4C)ccc3)[c-]c1n2-c1cc(CCC)ccn1.[Pt+2]. The van der Waals surface area contributed by atoms with E-state index in [0.717, 1.165) is 68.7 Å². The summed E-state index contributed by atoms with van der Waals surface area (Å²) in [5.41, 5.74) is 8.02. The van der Waals surface area contributed by atoms with Gasteiger partial charge in [0, 0.05) is 38.6 Å². The zero-order valence-electron chi connectivity index (χ0n) is 27.7. The minimum Gasteiger partial charge on any atom is -0.509 e. The van der Waals surface area contributed by atoms with Crippen LogP contribution in [0.15, 0.2) is 97.2 Å². The summed E-state index contributed by atoms with van der Waals surface area (Å²) >= 11 is 0. The van der Waals surface area contributed by atoms with Gasteiger partial charge in [-0.15, -0.1) is 35.7 Å². The standard InChI is InChI=1S/C38H32N4O.Pt/c1-5-10-28-19-20-39-37(22-28)41-35-18-15-25(2)21-34(35)33-17-16-32(24-36(33)41)43-31-14-9-13-30(23-31)42-27(4)38(26(3)40-42)29-11-7-6-8-12-29;/h6-9,11-22H,5,10H2,1-4H3;/q-2;+2/i2D3;. The number of aromatic nitrogens is 4. The largest absolute Gasteiger partial charge is 2.00 e. The van der Waals surface area contributed by atoms with E-state index in [1.165, 1.54) is 5.56 Å². The van der Waals surface area contributed by atoms with Crippen LogP contribution >= 0.6 is 0 Å². The second kappa shape index (κ2) is 12.3. The first-order valence-corrected chi connectivity index (χ1v) is 14.5. The normalized spacial score (nSPS) is 12.5. The molecule has 0 saturated heterocycles. The fraction of sp³-hybridized carbons (Fsp3) is 0.158.